The summed E-state index contributed by atoms with van der Waals surface area (Å²) in [6, 6.07) is 2.23. The number of benzene rings is 1. The number of halogens is 2. The van der Waals surface area contributed by atoms with E-state index < -0.39 is 11.6 Å². The molecule has 0 aliphatic rings. The van der Waals surface area contributed by atoms with Gasteiger partial charge in [0.05, 0.1) is 11.6 Å². The lowest BCUT2D eigenvalue weighted by Crippen LogP contribution is -1.97. The minimum absolute atomic E-state index is 0.222. The van der Waals surface area contributed by atoms with E-state index in [0.717, 1.165) is 25.0 Å². The first kappa shape index (κ1) is 11.1. The zero-order chi connectivity index (χ0) is 10.6. The van der Waals surface area contributed by atoms with Gasteiger partial charge in [0.2, 0.25) is 0 Å². The molecule has 0 spiro atoms. The third-order valence-corrected chi connectivity index (χ3v) is 2.05. The molecule has 14 heavy (non-hydrogen) atoms. The molecule has 0 aliphatic heterocycles. The number of phenolic OH excluding ortho intramolecular Hbond substituents is 1. The Morgan fingerprint density at radius 1 is 1.50 bits per heavy atom. The maximum Gasteiger partial charge on any atom is 0.168 e. The average Bonchev–Trinajstić information content (AvgIpc) is 2.14. The zero-order valence-electron chi connectivity index (χ0n) is 7.89. The first-order chi connectivity index (χ1) is 6.65. The highest BCUT2D eigenvalue weighted by molar-refractivity contribution is 6.32. The number of hydrogen-bond acceptors (Lipinski definition) is 2. The molecule has 1 rings (SSSR count). The van der Waals surface area contributed by atoms with Crippen molar-refractivity contribution in [2.75, 3.05) is 6.61 Å². The minimum atomic E-state index is -0.721. The van der Waals surface area contributed by atoms with Crippen molar-refractivity contribution in [2.45, 2.75) is 19.8 Å². The molecule has 4 heteroatoms. The van der Waals surface area contributed by atoms with Gasteiger partial charge in [0.1, 0.15) is 5.75 Å². The Labute approximate surface area is 87.3 Å². The lowest BCUT2D eigenvalue weighted by atomic mass is 10.3. The Kier molecular flexibility index (Phi) is 4.01. The fourth-order valence-corrected chi connectivity index (χ4v) is 1.17. The lowest BCUT2D eigenvalue weighted by molar-refractivity contribution is 0.306. The molecule has 0 heterocycles. The largest absolute Gasteiger partial charge is 0.505 e. The Balaban J connectivity index is 2.72. The molecule has 0 atom stereocenters. The topological polar surface area (TPSA) is 29.5 Å². The van der Waals surface area contributed by atoms with Crippen molar-refractivity contribution >= 4 is 11.6 Å². The van der Waals surface area contributed by atoms with Crippen molar-refractivity contribution in [1.29, 1.82) is 0 Å². The van der Waals surface area contributed by atoms with Crippen LogP contribution in [0.15, 0.2) is 12.1 Å². The summed E-state index contributed by atoms with van der Waals surface area (Å²) in [5.41, 5.74) is 0. The second-order valence-electron chi connectivity index (χ2n) is 2.94. The molecule has 0 amide bonds. The summed E-state index contributed by atoms with van der Waals surface area (Å²) >= 11 is 5.73. The van der Waals surface area contributed by atoms with Gasteiger partial charge in [-0.2, -0.15) is 0 Å². The van der Waals surface area contributed by atoms with Gasteiger partial charge >= 0.3 is 0 Å². The van der Waals surface area contributed by atoms with Crippen LogP contribution in [0.4, 0.5) is 4.39 Å². The van der Waals surface area contributed by atoms with Crippen LogP contribution in [-0.2, 0) is 0 Å². The highest BCUT2D eigenvalue weighted by Crippen LogP contribution is 2.30. The molecule has 0 aliphatic carbocycles. The Bertz CT molecular complexity index is 315. The van der Waals surface area contributed by atoms with E-state index in [4.69, 9.17) is 21.4 Å². The molecule has 1 N–H and O–H groups in total. The number of ether oxygens (including phenoxy) is 1. The summed E-state index contributed by atoms with van der Waals surface area (Å²) in [7, 11) is 0. The van der Waals surface area contributed by atoms with E-state index in [9.17, 15) is 4.39 Å². The van der Waals surface area contributed by atoms with Crippen LogP contribution in [0.25, 0.3) is 0 Å². The fourth-order valence-electron chi connectivity index (χ4n) is 0.955. The number of aromatic hydroxyl groups is 1. The summed E-state index contributed by atoms with van der Waals surface area (Å²) in [5.74, 6) is -0.908. The monoisotopic (exact) mass is 218 g/mol. The highest BCUT2D eigenvalue weighted by Gasteiger charge is 2.08. The number of phenols is 1. The van der Waals surface area contributed by atoms with Gasteiger partial charge in [-0.25, -0.2) is 4.39 Å². The number of unbranched alkanes of at least 4 members (excludes halogenated alkanes) is 1. The molecule has 0 bridgehead atoms. The van der Waals surface area contributed by atoms with Crippen LogP contribution < -0.4 is 4.74 Å². The van der Waals surface area contributed by atoms with Crippen LogP contribution in [0.3, 0.4) is 0 Å². The highest BCUT2D eigenvalue weighted by atomic mass is 35.5. The van der Waals surface area contributed by atoms with Gasteiger partial charge in [0.25, 0.3) is 0 Å². The Morgan fingerprint density at radius 3 is 2.86 bits per heavy atom. The molecule has 0 aromatic heterocycles. The second kappa shape index (κ2) is 5.05. The van der Waals surface area contributed by atoms with Crippen molar-refractivity contribution < 1.29 is 14.2 Å². The number of hydrogen-bond donors (Lipinski definition) is 1. The van der Waals surface area contributed by atoms with Crippen LogP contribution in [0.1, 0.15) is 19.8 Å². The van der Waals surface area contributed by atoms with Gasteiger partial charge in [0, 0.05) is 12.1 Å². The minimum Gasteiger partial charge on any atom is -0.505 e. The quantitative estimate of drug-likeness (QED) is 0.786. The SMILES string of the molecule is CCCCOc1cc(F)c(O)cc1Cl. The summed E-state index contributed by atoms with van der Waals surface area (Å²) in [6.07, 6.45) is 1.89. The van der Waals surface area contributed by atoms with Gasteiger partial charge in [-0.1, -0.05) is 24.9 Å². The second-order valence-corrected chi connectivity index (χ2v) is 3.34. The van der Waals surface area contributed by atoms with Crippen molar-refractivity contribution in [3.63, 3.8) is 0 Å². The Hall–Kier alpha value is -0.960. The first-order valence-corrected chi connectivity index (χ1v) is 4.83. The fraction of sp³-hybridized carbons (Fsp3) is 0.400. The Morgan fingerprint density at radius 2 is 2.21 bits per heavy atom. The van der Waals surface area contributed by atoms with E-state index in [0.29, 0.717) is 6.61 Å². The smallest absolute Gasteiger partial charge is 0.168 e. The van der Waals surface area contributed by atoms with Gasteiger partial charge in [-0.3, -0.25) is 0 Å². The maximum atomic E-state index is 12.9. The molecular formula is C10H12ClFO2. The predicted molar refractivity (Wildman–Crippen MR) is 53.5 cm³/mol. The van der Waals surface area contributed by atoms with Gasteiger partial charge in [-0.05, 0) is 6.42 Å². The summed E-state index contributed by atoms with van der Waals surface area (Å²) in [6.45, 7) is 2.53. The molecule has 2 nitrogen and oxygen atoms in total. The molecule has 1 aromatic rings. The van der Waals surface area contributed by atoms with Crippen LogP contribution in [0.5, 0.6) is 11.5 Å². The van der Waals surface area contributed by atoms with E-state index in [2.05, 4.69) is 0 Å². The lowest BCUT2D eigenvalue weighted by Gasteiger charge is -2.07. The molecular weight excluding hydrogens is 207 g/mol. The molecule has 0 saturated heterocycles. The third kappa shape index (κ3) is 2.77. The van der Waals surface area contributed by atoms with Gasteiger partial charge in [-0.15, -0.1) is 0 Å². The summed E-state index contributed by atoms with van der Waals surface area (Å²) in [4.78, 5) is 0. The third-order valence-electron chi connectivity index (χ3n) is 1.76. The van der Waals surface area contributed by atoms with E-state index in [1.165, 1.54) is 0 Å². The molecule has 1 aromatic carbocycles. The molecule has 0 saturated carbocycles. The van der Waals surface area contributed by atoms with Crippen LogP contribution in [-0.4, -0.2) is 11.7 Å². The van der Waals surface area contributed by atoms with Gasteiger partial charge < -0.3 is 9.84 Å². The maximum absolute atomic E-state index is 12.9. The average molecular weight is 219 g/mol. The number of rotatable bonds is 4. The van der Waals surface area contributed by atoms with Crippen molar-refractivity contribution in [2.24, 2.45) is 0 Å². The first-order valence-electron chi connectivity index (χ1n) is 4.46. The van der Waals surface area contributed by atoms with Crippen LogP contribution in [0.2, 0.25) is 5.02 Å². The van der Waals surface area contributed by atoms with Crippen molar-refractivity contribution in [1.82, 2.24) is 0 Å². The molecule has 0 fully saturated rings. The van der Waals surface area contributed by atoms with E-state index in [1.807, 2.05) is 6.92 Å². The molecule has 0 unspecified atom stereocenters. The van der Waals surface area contributed by atoms with Crippen LogP contribution >= 0.6 is 11.6 Å². The molecule has 78 valence electrons. The standard InChI is InChI=1S/C10H12ClFO2/c1-2-3-4-14-10-6-8(12)9(13)5-7(10)11/h5-6,13H,2-4H2,1H3. The van der Waals surface area contributed by atoms with Gasteiger partial charge in [0.15, 0.2) is 11.6 Å². The van der Waals surface area contributed by atoms with E-state index in [-0.39, 0.29) is 10.8 Å². The zero-order valence-corrected chi connectivity index (χ0v) is 8.64. The van der Waals surface area contributed by atoms with Crippen molar-refractivity contribution in [3.05, 3.63) is 23.0 Å². The van der Waals surface area contributed by atoms with E-state index in [1.54, 1.807) is 0 Å². The van der Waals surface area contributed by atoms with Crippen LogP contribution in [0, 0.1) is 5.82 Å². The predicted octanol–water partition coefficient (Wildman–Crippen LogP) is 3.36. The summed E-state index contributed by atoms with van der Waals surface area (Å²) < 4.78 is 18.1. The molecule has 0 radical (unpaired) electrons. The normalized spacial score (nSPS) is 10.2. The van der Waals surface area contributed by atoms with Crippen molar-refractivity contribution in [3.8, 4) is 11.5 Å². The van der Waals surface area contributed by atoms with E-state index >= 15 is 0 Å². The summed E-state index contributed by atoms with van der Waals surface area (Å²) in [5, 5.41) is 9.20.